The fraction of sp³-hybridized carbons (Fsp3) is 0.455. The number of carbonyl (C=O) groups is 2. The van der Waals surface area contributed by atoms with Crippen molar-refractivity contribution in [2.45, 2.75) is 33.4 Å². The van der Waals surface area contributed by atoms with Crippen molar-refractivity contribution in [3.63, 3.8) is 0 Å². The number of hydrogen-bond acceptors (Lipinski definition) is 2. The first-order valence-electron chi connectivity index (χ1n) is 4.91. The molecule has 0 spiro atoms. The molecule has 1 rings (SSSR count). The zero-order chi connectivity index (χ0) is 12.5. The molecule has 0 aromatic heterocycles. The first-order valence-corrected chi connectivity index (χ1v) is 5.70. The standard InChI is InChI=1S/C11H15BrN2O2/c1-7(5-8(2)12)9-10(16)13-11(3,4)14(9)6-15/h5-6H,1-4H3,(H,13,16)/b8-5+,9-7-. The Kier molecular flexibility index (Phi) is 3.57. The van der Waals surface area contributed by atoms with Crippen LogP contribution in [0.4, 0.5) is 0 Å². The van der Waals surface area contributed by atoms with E-state index in [1.807, 2.05) is 13.0 Å². The highest BCUT2D eigenvalue weighted by atomic mass is 79.9. The maximum atomic E-state index is 11.8. The minimum atomic E-state index is -0.663. The predicted octanol–water partition coefficient (Wildman–Crippen LogP) is 1.88. The zero-order valence-electron chi connectivity index (χ0n) is 9.80. The molecule has 5 heteroatoms. The number of nitrogens with one attached hydrogen (secondary N) is 1. The van der Waals surface area contributed by atoms with Crippen molar-refractivity contribution in [2.24, 2.45) is 0 Å². The minimum Gasteiger partial charge on any atom is -0.328 e. The van der Waals surface area contributed by atoms with Gasteiger partial charge >= 0.3 is 0 Å². The molecule has 1 aliphatic heterocycles. The molecule has 1 saturated heterocycles. The lowest BCUT2D eigenvalue weighted by atomic mass is 10.2. The molecule has 4 nitrogen and oxygen atoms in total. The summed E-state index contributed by atoms with van der Waals surface area (Å²) in [6.45, 7) is 7.24. The van der Waals surface area contributed by atoms with E-state index in [9.17, 15) is 9.59 Å². The first-order chi connectivity index (χ1) is 7.29. The van der Waals surface area contributed by atoms with Crippen LogP contribution in [0.5, 0.6) is 0 Å². The molecule has 0 aliphatic carbocycles. The van der Waals surface area contributed by atoms with Crippen molar-refractivity contribution in [1.29, 1.82) is 0 Å². The smallest absolute Gasteiger partial charge is 0.270 e. The van der Waals surface area contributed by atoms with Crippen LogP contribution in [0.1, 0.15) is 27.7 Å². The molecule has 0 radical (unpaired) electrons. The van der Waals surface area contributed by atoms with Gasteiger partial charge in [-0.25, -0.2) is 0 Å². The molecule has 0 atom stereocenters. The van der Waals surface area contributed by atoms with Crippen LogP contribution in [-0.4, -0.2) is 22.9 Å². The van der Waals surface area contributed by atoms with E-state index < -0.39 is 5.66 Å². The Balaban J connectivity index is 3.27. The quantitative estimate of drug-likeness (QED) is 0.623. The fourth-order valence-corrected chi connectivity index (χ4v) is 2.05. The van der Waals surface area contributed by atoms with Gasteiger partial charge in [0, 0.05) is 0 Å². The highest BCUT2D eigenvalue weighted by molar-refractivity contribution is 9.11. The van der Waals surface area contributed by atoms with Crippen LogP contribution in [0.2, 0.25) is 0 Å². The molecule has 0 bridgehead atoms. The maximum absolute atomic E-state index is 11.8. The van der Waals surface area contributed by atoms with Gasteiger partial charge in [0.1, 0.15) is 11.4 Å². The second-order valence-electron chi connectivity index (χ2n) is 4.25. The normalized spacial score (nSPS) is 23.2. The molecule has 1 heterocycles. The number of amides is 2. The molecular formula is C11H15BrN2O2. The van der Waals surface area contributed by atoms with Crippen LogP contribution >= 0.6 is 15.9 Å². The van der Waals surface area contributed by atoms with Gasteiger partial charge in [-0.2, -0.15) is 0 Å². The lowest BCUT2D eigenvalue weighted by molar-refractivity contribution is -0.120. The topological polar surface area (TPSA) is 49.4 Å². The van der Waals surface area contributed by atoms with E-state index in [1.54, 1.807) is 20.8 Å². The zero-order valence-corrected chi connectivity index (χ0v) is 11.4. The van der Waals surface area contributed by atoms with Crippen LogP contribution in [0.25, 0.3) is 0 Å². The molecule has 1 aliphatic rings. The lowest BCUT2D eigenvalue weighted by Gasteiger charge is -2.27. The highest BCUT2D eigenvalue weighted by Gasteiger charge is 2.41. The molecule has 0 saturated carbocycles. The minimum absolute atomic E-state index is 0.223. The Bertz CT molecular complexity index is 393. The van der Waals surface area contributed by atoms with Crippen molar-refractivity contribution < 1.29 is 9.59 Å². The third kappa shape index (κ3) is 2.35. The van der Waals surface area contributed by atoms with E-state index in [1.165, 1.54) is 4.90 Å². The summed E-state index contributed by atoms with van der Waals surface area (Å²) in [5.41, 5.74) is 0.493. The van der Waals surface area contributed by atoms with Crippen LogP contribution < -0.4 is 5.32 Å². The Morgan fingerprint density at radius 2 is 2.00 bits per heavy atom. The van der Waals surface area contributed by atoms with Crippen LogP contribution in [-0.2, 0) is 9.59 Å². The van der Waals surface area contributed by atoms with E-state index in [-0.39, 0.29) is 5.91 Å². The largest absolute Gasteiger partial charge is 0.328 e. The number of hydrogen-bond donors (Lipinski definition) is 1. The molecule has 0 aromatic carbocycles. The summed E-state index contributed by atoms with van der Waals surface area (Å²) < 4.78 is 0.904. The highest BCUT2D eigenvalue weighted by Crippen LogP contribution is 2.26. The SMILES string of the molecule is CC(/C=C(\C)Br)=C1\C(=O)NC(C)(C)N1C=O. The second kappa shape index (κ2) is 4.41. The van der Waals surface area contributed by atoms with Gasteiger partial charge in [0.25, 0.3) is 5.91 Å². The Labute approximate surface area is 104 Å². The molecule has 1 N–H and O–H groups in total. The van der Waals surface area contributed by atoms with Crippen molar-refractivity contribution in [1.82, 2.24) is 10.2 Å². The van der Waals surface area contributed by atoms with E-state index in [0.717, 1.165) is 10.1 Å². The average molecular weight is 287 g/mol. The van der Waals surface area contributed by atoms with Crippen LogP contribution in [0.3, 0.4) is 0 Å². The van der Waals surface area contributed by atoms with Gasteiger partial charge in [-0.15, -0.1) is 0 Å². The second-order valence-corrected chi connectivity index (χ2v) is 5.50. The first kappa shape index (κ1) is 13.0. The summed E-state index contributed by atoms with van der Waals surface area (Å²) in [6, 6.07) is 0. The summed E-state index contributed by atoms with van der Waals surface area (Å²) >= 11 is 3.30. The van der Waals surface area contributed by atoms with Crippen LogP contribution in [0, 0.1) is 0 Å². The van der Waals surface area contributed by atoms with Crippen molar-refractivity contribution in [3.8, 4) is 0 Å². The van der Waals surface area contributed by atoms with E-state index in [4.69, 9.17) is 0 Å². The summed E-state index contributed by atoms with van der Waals surface area (Å²) in [6.07, 6.45) is 2.49. The maximum Gasteiger partial charge on any atom is 0.270 e. The van der Waals surface area contributed by atoms with Gasteiger partial charge in [0.05, 0.1) is 0 Å². The number of halogens is 1. The summed E-state index contributed by atoms with van der Waals surface area (Å²) in [5.74, 6) is -0.223. The third-order valence-corrected chi connectivity index (χ3v) is 2.60. The average Bonchev–Trinajstić information content (AvgIpc) is 2.33. The van der Waals surface area contributed by atoms with E-state index in [2.05, 4.69) is 21.2 Å². The molecular weight excluding hydrogens is 272 g/mol. The van der Waals surface area contributed by atoms with E-state index >= 15 is 0 Å². The molecule has 0 unspecified atom stereocenters. The number of rotatable bonds is 2. The molecule has 16 heavy (non-hydrogen) atoms. The van der Waals surface area contributed by atoms with Crippen LogP contribution in [0.15, 0.2) is 21.8 Å². The van der Waals surface area contributed by atoms with Gasteiger partial charge in [0.2, 0.25) is 6.41 Å². The van der Waals surface area contributed by atoms with Crippen molar-refractivity contribution in [2.75, 3.05) is 0 Å². The van der Waals surface area contributed by atoms with E-state index in [0.29, 0.717) is 12.1 Å². The third-order valence-electron chi connectivity index (χ3n) is 2.37. The number of carbonyl (C=O) groups excluding carboxylic acids is 2. The van der Waals surface area contributed by atoms with Gasteiger partial charge in [-0.3, -0.25) is 14.5 Å². The molecule has 1 fully saturated rings. The Morgan fingerprint density at radius 3 is 2.44 bits per heavy atom. The molecule has 2 amide bonds. The van der Waals surface area contributed by atoms with Gasteiger partial charge in [0.15, 0.2) is 0 Å². The summed E-state index contributed by atoms with van der Waals surface area (Å²) in [5, 5.41) is 2.75. The Morgan fingerprint density at radius 1 is 1.44 bits per heavy atom. The summed E-state index contributed by atoms with van der Waals surface area (Å²) in [4.78, 5) is 24.2. The number of allylic oxidation sites excluding steroid dienone is 3. The Hall–Kier alpha value is -1.10. The monoisotopic (exact) mass is 286 g/mol. The van der Waals surface area contributed by atoms with Gasteiger partial charge < -0.3 is 5.32 Å². The van der Waals surface area contributed by atoms with Crippen molar-refractivity contribution >= 4 is 28.2 Å². The fourth-order valence-electron chi connectivity index (χ4n) is 1.71. The van der Waals surface area contributed by atoms with Gasteiger partial charge in [-0.1, -0.05) is 15.9 Å². The molecule has 88 valence electrons. The lowest BCUT2D eigenvalue weighted by Crippen LogP contribution is -2.45. The molecule has 0 aromatic rings. The number of nitrogens with zero attached hydrogens (tertiary/aromatic N) is 1. The summed E-state index contributed by atoms with van der Waals surface area (Å²) in [7, 11) is 0. The van der Waals surface area contributed by atoms with Gasteiger partial charge in [-0.05, 0) is 43.8 Å². The van der Waals surface area contributed by atoms with Crippen molar-refractivity contribution in [3.05, 3.63) is 21.8 Å². The predicted molar refractivity (Wildman–Crippen MR) is 65.5 cm³/mol.